The van der Waals surface area contributed by atoms with Crippen LogP contribution in [0.15, 0.2) is 23.3 Å². The number of allylic oxidation sites excluding steroid dienone is 3. The van der Waals surface area contributed by atoms with Gasteiger partial charge in [-0.1, -0.05) is 23.3 Å². The minimum atomic E-state index is -0.806. The summed E-state index contributed by atoms with van der Waals surface area (Å²) in [5.74, 6) is -0.252. The van der Waals surface area contributed by atoms with Gasteiger partial charge in [-0.05, 0) is 33.6 Å². The van der Waals surface area contributed by atoms with Crippen molar-refractivity contribution in [2.45, 2.75) is 45.8 Å². The Morgan fingerprint density at radius 1 is 1.15 bits per heavy atom. The molecule has 1 aliphatic heterocycles. The van der Waals surface area contributed by atoms with Crippen molar-refractivity contribution < 1.29 is 15.3 Å². The molecule has 4 heteroatoms. The van der Waals surface area contributed by atoms with Crippen molar-refractivity contribution >= 4 is 0 Å². The Morgan fingerprint density at radius 2 is 1.85 bits per heavy atom. The predicted octanol–water partition coefficient (Wildman–Crippen LogP) is 1.32. The van der Waals surface area contributed by atoms with Gasteiger partial charge in [0.1, 0.15) is 0 Å². The smallest absolute Gasteiger partial charge is 0.0929 e. The molecule has 1 fully saturated rings. The van der Waals surface area contributed by atoms with Crippen LogP contribution in [-0.2, 0) is 0 Å². The first-order valence-corrected chi connectivity index (χ1v) is 7.42. The van der Waals surface area contributed by atoms with E-state index in [0.717, 1.165) is 19.4 Å². The zero-order valence-electron chi connectivity index (χ0n) is 12.9. The van der Waals surface area contributed by atoms with Crippen LogP contribution in [0, 0.1) is 5.92 Å². The normalized spacial score (nSPS) is 28.5. The molecule has 1 heterocycles. The van der Waals surface area contributed by atoms with Gasteiger partial charge in [-0.3, -0.25) is 4.90 Å². The van der Waals surface area contributed by atoms with Crippen molar-refractivity contribution in [3.05, 3.63) is 23.3 Å². The minimum absolute atomic E-state index is 0.0853. The Balaban J connectivity index is 2.42. The molecule has 0 spiro atoms. The van der Waals surface area contributed by atoms with Crippen molar-refractivity contribution in [1.82, 2.24) is 4.90 Å². The Hall–Kier alpha value is -0.680. The van der Waals surface area contributed by atoms with Crippen LogP contribution in [0.1, 0.15) is 33.6 Å². The molecule has 0 aliphatic carbocycles. The summed E-state index contributed by atoms with van der Waals surface area (Å²) in [6, 6.07) is 0. The highest BCUT2D eigenvalue weighted by molar-refractivity contribution is 5.03. The van der Waals surface area contributed by atoms with Gasteiger partial charge in [-0.25, -0.2) is 0 Å². The second-order valence-corrected chi connectivity index (χ2v) is 6.09. The van der Waals surface area contributed by atoms with Gasteiger partial charge < -0.3 is 15.3 Å². The molecule has 4 nitrogen and oxygen atoms in total. The van der Waals surface area contributed by atoms with E-state index in [1.807, 2.05) is 0 Å². The fourth-order valence-electron chi connectivity index (χ4n) is 2.49. The minimum Gasteiger partial charge on any atom is -0.396 e. The molecular formula is C16H29NO3. The molecule has 0 aromatic rings. The molecule has 3 atom stereocenters. The summed E-state index contributed by atoms with van der Waals surface area (Å²) in [5.41, 5.74) is 2.68. The van der Waals surface area contributed by atoms with Crippen LogP contribution in [0.5, 0.6) is 0 Å². The average molecular weight is 283 g/mol. The number of rotatable bonds is 6. The SMILES string of the molecule is CC(C)=CCC/C(C)=C/CN1C[C@H](CO)[C@@H](O)[C@H](O)C1. The highest BCUT2D eigenvalue weighted by atomic mass is 16.3. The molecule has 1 rings (SSSR count). The quantitative estimate of drug-likeness (QED) is 0.643. The van der Waals surface area contributed by atoms with Gasteiger partial charge in [0.2, 0.25) is 0 Å². The Bertz CT molecular complexity index is 348. The first-order valence-electron chi connectivity index (χ1n) is 7.42. The number of hydrogen-bond acceptors (Lipinski definition) is 4. The summed E-state index contributed by atoms with van der Waals surface area (Å²) >= 11 is 0. The van der Waals surface area contributed by atoms with Crippen molar-refractivity contribution in [2.75, 3.05) is 26.2 Å². The van der Waals surface area contributed by atoms with Crippen molar-refractivity contribution in [2.24, 2.45) is 5.92 Å². The van der Waals surface area contributed by atoms with Crippen LogP contribution in [0.3, 0.4) is 0 Å². The molecule has 20 heavy (non-hydrogen) atoms. The molecule has 0 amide bonds. The summed E-state index contributed by atoms with van der Waals surface area (Å²) in [5, 5.41) is 28.8. The van der Waals surface area contributed by atoms with E-state index in [9.17, 15) is 15.3 Å². The fourth-order valence-corrected chi connectivity index (χ4v) is 2.49. The maximum absolute atomic E-state index is 9.79. The molecule has 0 aromatic carbocycles. The molecular weight excluding hydrogens is 254 g/mol. The molecule has 1 saturated heterocycles. The molecule has 0 radical (unpaired) electrons. The summed E-state index contributed by atoms with van der Waals surface area (Å²) < 4.78 is 0. The number of nitrogens with zero attached hydrogens (tertiary/aromatic N) is 1. The number of piperidine rings is 1. The molecule has 0 unspecified atom stereocenters. The zero-order valence-corrected chi connectivity index (χ0v) is 12.9. The largest absolute Gasteiger partial charge is 0.396 e. The van der Waals surface area contributed by atoms with Crippen LogP contribution < -0.4 is 0 Å². The summed E-state index contributed by atoms with van der Waals surface area (Å²) in [6.45, 7) is 8.11. The standard InChI is InChI=1S/C16H29NO3/c1-12(2)5-4-6-13(3)7-8-17-9-14(11-18)16(20)15(19)10-17/h5,7,14-16,18-20H,4,6,8-11H2,1-3H3/b13-7+/t14-,15-,16-/m1/s1. The van der Waals surface area contributed by atoms with E-state index in [4.69, 9.17) is 0 Å². The molecule has 1 aliphatic rings. The number of aliphatic hydroxyl groups excluding tert-OH is 3. The zero-order chi connectivity index (χ0) is 15.1. The second kappa shape index (κ2) is 8.57. The van der Waals surface area contributed by atoms with Gasteiger partial charge in [0.05, 0.1) is 12.2 Å². The Labute approximate surface area is 122 Å². The first-order chi connectivity index (χ1) is 9.43. The van der Waals surface area contributed by atoms with Crippen molar-refractivity contribution in [3.8, 4) is 0 Å². The maximum atomic E-state index is 9.79. The van der Waals surface area contributed by atoms with Crippen LogP contribution in [0.2, 0.25) is 0 Å². The Morgan fingerprint density at radius 3 is 2.45 bits per heavy atom. The van der Waals surface area contributed by atoms with E-state index in [-0.39, 0.29) is 12.5 Å². The number of hydrogen-bond donors (Lipinski definition) is 3. The lowest BCUT2D eigenvalue weighted by molar-refractivity contribution is -0.0836. The third-order valence-corrected chi connectivity index (χ3v) is 3.84. The lowest BCUT2D eigenvalue weighted by Crippen LogP contribution is -2.53. The predicted molar refractivity (Wildman–Crippen MR) is 81.5 cm³/mol. The van der Waals surface area contributed by atoms with Crippen LogP contribution in [0.4, 0.5) is 0 Å². The van der Waals surface area contributed by atoms with Gasteiger partial charge in [0, 0.05) is 32.2 Å². The monoisotopic (exact) mass is 283 g/mol. The summed E-state index contributed by atoms with van der Waals surface area (Å²) in [7, 11) is 0. The van der Waals surface area contributed by atoms with Gasteiger partial charge in [-0.15, -0.1) is 0 Å². The number of likely N-dealkylation sites (tertiary alicyclic amines) is 1. The molecule has 116 valence electrons. The molecule has 0 bridgehead atoms. The van der Waals surface area contributed by atoms with Gasteiger partial charge in [0.15, 0.2) is 0 Å². The number of β-amino-alcohol motifs (C(OH)–C–C–N with tert-alkyl or cyclic N) is 1. The first kappa shape index (κ1) is 17.4. The highest BCUT2D eigenvalue weighted by Crippen LogP contribution is 2.18. The number of aliphatic hydroxyl groups is 3. The van der Waals surface area contributed by atoms with E-state index >= 15 is 0 Å². The van der Waals surface area contributed by atoms with E-state index in [0.29, 0.717) is 13.1 Å². The van der Waals surface area contributed by atoms with E-state index < -0.39 is 12.2 Å². The van der Waals surface area contributed by atoms with Gasteiger partial charge >= 0.3 is 0 Å². The maximum Gasteiger partial charge on any atom is 0.0929 e. The fraction of sp³-hybridized carbons (Fsp3) is 0.750. The average Bonchev–Trinajstić information content (AvgIpc) is 2.39. The van der Waals surface area contributed by atoms with Gasteiger partial charge in [0.25, 0.3) is 0 Å². The van der Waals surface area contributed by atoms with Crippen molar-refractivity contribution in [3.63, 3.8) is 0 Å². The second-order valence-electron chi connectivity index (χ2n) is 6.09. The van der Waals surface area contributed by atoms with E-state index in [2.05, 4.69) is 37.8 Å². The van der Waals surface area contributed by atoms with Crippen LogP contribution in [-0.4, -0.2) is 58.7 Å². The van der Waals surface area contributed by atoms with Gasteiger partial charge in [-0.2, -0.15) is 0 Å². The lowest BCUT2D eigenvalue weighted by atomic mass is 9.93. The molecule has 0 aromatic heterocycles. The third-order valence-electron chi connectivity index (χ3n) is 3.84. The van der Waals surface area contributed by atoms with Crippen LogP contribution >= 0.6 is 0 Å². The topological polar surface area (TPSA) is 63.9 Å². The summed E-state index contributed by atoms with van der Waals surface area (Å²) in [6.07, 6.45) is 4.95. The lowest BCUT2D eigenvalue weighted by Gasteiger charge is -2.38. The summed E-state index contributed by atoms with van der Waals surface area (Å²) in [4.78, 5) is 2.09. The Kier molecular flexibility index (Phi) is 7.45. The van der Waals surface area contributed by atoms with E-state index in [1.165, 1.54) is 11.1 Å². The molecule has 0 saturated carbocycles. The third kappa shape index (κ3) is 5.75. The van der Waals surface area contributed by atoms with Crippen molar-refractivity contribution in [1.29, 1.82) is 0 Å². The van der Waals surface area contributed by atoms with E-state index in [1.54, 1.807) is 0 Å². The highest BCUT2D eigenvalue weighted by Gasteiger charge is 2.33. The molecule has 3 N–H and O–H groups in total. The van der Waals surface area contributed by atoms with Crippen LogP contribution in [0.25, 0.3) is 0 Å².